The van der Waals surface area contributed by atoms with Crippen molar-refractivity contribution in [3.05, 3.63) is 36.4 Å². The lowest BCUT2D eigenvalue weighted by molar-refractivity contribution is -0.870. The summed E-state index contributed by atoms with van der Waals surface area (Å²) >= 11 is 0. The van der Waals surface area contributed by atoms with Crippen LogP contribution >= 0.6 is 7.82 Å². The molecule has 0 radical (unpaired) electrons. The molecule has 8 nitrogen and oxygen atoms in total. The molecule has 2 aromatic rings. The molecule has 39 heavy (non-hydrogen) atoms. The number of phosphoric ester groups is 1. The van der Waals surface area contributed by atoms with Gasteiger partial charge in [-0.3, -0.25) is 4.57 Å². The molecule has 0 amide bonds. The molecule has 222 valence electrons. The molecule has 0 aliphatic rings. The Morgan fingerprint density at radius 2 is 1.33 bits per heavy atom. The number of nitrogens with zero attached hydrogens (tertiary/aromatic N) is 1. The minimum absolute atomic E-state index is 0.0128. The molecule has 0 saturated heterocycles. The van der Waals surface area contributed by atoms with Crippen LogP contribution in [0.2, 0.25) is 0 Å². The van der Waals surface area contributed by atoms with Gasteiger partial charge in [0.25, 0.3) is 7.82 Å². The second kappa shape index (κ2) is 17.9. The van der Waals surface area contributed by atoms with Crippen LogP contribution in [0.15, 0.2) is 36.4 Å². The maximum atomic E-state index is 11.9. The second-order valence-corrected chi connectivity index (χ2v) is 12.7. The van der Waals surface area contributed by atoms with Crippen LogP contribution in [0.1, 0.15) is 71.1 Å². The number of aliphatic hydroxyl groups is 1. The van der Waals surface area contributed by atoms with Crippen LogP contribution in [-0.4, -0.2) is 69.8 Å². The summed E-state index contributed by atoms with van der Waals surface area (Å²) in [4.78, 5) is 11.9. The fraction of sp³-hybridized carbons (Fsp3) is 0.667. The van der Waals surface area contributed by atoms with Crippen molar-refractivity contribution in [3.63, 3.8) is 0 Å². The summed E-state index contributed by atoms with van der Waals surface area (Å²) in [6.45, 7) is 2.93. The summed E-state index contributed by atoms with van der Waals surface area (Å²) in [6.07, 6.45) is 11.8. The highest BCUT2D eigenvalue weighted by Gasteiger charge is 2.16. The molecule has 0 aliphatic carbocycles. The van der Waals surface area contributed by atoms with Crippen LogP contribution < -0.4 is 14.4 Å². The van der Waals surface area contributed by atoms with Crippen molar-refractivity contribution in [3.8, 4) is 11.5 Å². The Kier molecular flexibility index (Phi) is 15.4. The van der Waals surface area contributed by atoms with Gasteiger partial charge in [0.2, 0.25) is 0 Å². The molecule has 0 saturated carbocycles. The maximum Gasteiger partial charge on any atom is 0.268 e. The number of unbranched alkanes of at least 4 members (excludes halogenated alkanes) is 9. The van der Waals surface area contributed by atoms with Gasteiger partial charge in [0.15, 0.2) is 0 Å². The highest BCUT2D eigenvalue weighted by atomic mass is 31.2. The van der Waals surface area contributed by atoms with Crippen LogP contribution in [0, 0.1) is 0 Å². The Morgan fingerprint density at radius 1 is 0.769 bits per heavy atom. The lowest BCUT2D eigenvalue weighted by atomic mass is 10.1. The molecule has 2 unspecified atom stereocenters. The van der Waals surface area contributed by atoms with Crippen LogP contribution in [0.5, 0.6) is 11.5 Å². The molecule has 0 aliphatic heterocycles. The summed E-state index contributed by atoms with van der Waals surface area (Å²) in [5.74, 6) is 1.39. The van der Waals surface area contributed by atoms with E-state index in [2.05, 4.69) is 6.92 Å². The highest BCUT2D eigenvalue weighted by Crippen LogP contribution is 2.38. The zero-order valence-electron chi connectivity index (χ0n) is 24.4. The first-order valence-corrected chi connectivity index (χ1v) is 15.9. The van der Waals surface area contributed by atoms with Gasteiger partial charge in [-0.1, -0.05) is 76.8 Å². The molecule has 0 spiro atoms. The number of phosphoric acid groups is 1. The number of quaternary nitrogens is 1. The monoisotopic (exact) mass is 567 g/mol. The van der Waals surface area contributed by atoms with Crippen molar-refractivity contribution in [2.24, 2.45) is 0 Å². The topological polar surface area (TPSA) is 97.3 Å². The van der Waals surface area contributed by atoms with Crippen molar-refractivity contribution in [1.82, 2.24) is 0 Å². The van der Waals surface area contributed by atoms with Crippen molar-refractivity contribution >= 4 is 18.6 Å². The first-order valence-electron chi connectivity index (χ1n) is 14.5. The third-order valence-corrected chi connectivity index (χ3v) is 7.39. The van der Waals surface area contributed by atoms with Gasteiger partial charge in [0.1, 0.15) is 37.4 Å². The zero-order chi connectivity index (χ0) is 28.6. The fourth-order valence-electron chi connectivity index (χ4n) is 4.04. The van der Waals surface area contributed by atoms with Gasteiger partial charge in [0, 0.05) is 0 Å². The SMILES string of the molecule is CCCCCCCCCCCCOc1ccc2ccc(OCC(O)COP(=O)([O-])OCC[N+](C)(C)C)cc2c1. The Hall–Kier alpha value is -1.67. The standard InChI is InChI=1S/C30H50NO7P/c1-5-6-7-8-9-10-11-12-13-14-20-35-29-17-15-26-16-18-30(23-27(26)22-29)36-24-28(32)25-38-39(33,34)37-21-19-31(2,3)4/h15-18,22-23,28,32H,5-14,19-21,24-25H2,1-4H3. The Labute approximate surface area is 235 Å². The molecule has 2 aromatic carbocycles. The van der Waals surface area contributed by atoms with Gasteiger partial charge in [0.05, 0.1) is 34.4 Å². The quantitative estimate of drug-likeness (QED) is 0.105. The van der Waals surface area contributed by atoms with E-state index >= 15 is 0 Å². The second-order valence-electron chi connectivity index (χ2n) is 11.3. The van der Waals surface area contributed by atoms with E-state index in [1.165, 1.54) is 57.8 Å². The summed E-state index contributed by atoms with van der Waals surface area (Å²) in [6, 6.07) is 11.6. The van der Waals surface area contributed by atoms with Gasteiger partial charge in [-0.2, -0.15) is 0 Å². The zero-order valence-corrected chi connectivity index (χ0v) is 25.3. The molecule has 2 atom stereocenters. The molecule has 1 N–H and O–H groups in total. The van der Waals surface area contributed by atoms with Gasteiger partial charge in [-0.15, -0.1) is 0 Å². The largest absolute Gasteiger partial charge is 0.756 e. The first-order chi connectivity index (χ1) is 18.6. The van der Waals surface area contributed by atoms with Crippen LogP contribution in [0.4, 0.5) is 0 Å². The number of likely N-dealkylation sites (N-methyl/N-ethyl adjacent to an activating group) is 1. The van der Waals surface area contributed by atoms with E-state index in [0.717, 1.165) is 22.9 Å². The summed E-state index contributed by atoms with van der Waals surface area (Å²) in [5.41, 5.74) is 0. The molecule has 9 heteroatoms. The molecule has 0 fully saturated rings. The fourth-order valence-corrected chi connectivity index (χ4v) is 4.78. The number of ether oxygens (including phenoxy) is 2. The average Bonchev–Trinajstić information content (AvgIpc) is 2.88. The smallest absolute Gasteiger partial charge is 0.268 e. The van der Waals surface area contributed by atoms with E-state index in [1.54, 1.807) is 0 Å². The molecular weight excluding hydrogens is 517 g/mol. The van der Waals surface area contributed by atoms with Gasteiger partial charge >= 0.3 is 0 Å². The van der Waals surface area contributed by atoms with E-state index in [-0.39, 0.29) is 13.2 Å². The summed E-state index contributed by atoms with van der Waals surface area (Å²) in [7, 11) is 1.31. The maximum absolute atomic E-state index is 11.9. The minimum Gasteiger partial charge on any atom is -0.756 e. The number of aliphatic hydroxyl groups excluding tert-OH is 1. The third kappa shape index (κ3) is 15.6. The van der Waals surface area contributed by atoms with E-state index in [1.807, 2.05) is 57.5 Å². The van der Waals surface area contributed by atoms with Crippen molar-refractivity contribution in [1.29, 1.82) is 0 Å². The Morgan fingerprint density at radius 3 is 1.92 bits per heavy atom. The number of benzene rings is 2. The van der Waals surface area contributed by atoms with Crippen molar-refractivity contribution in [2.45, 2.75) is 77.2 Å². The van der Waals surface area contributed by atoms with E-state index in [9.17, 15) is 14.6 Å². The van der Waals surface area contributed by atoms with Crippen LogP contribution in [0.3, 0.4) is 0 Å². The van der Waals surface area contributed by atoms with Crippen molar-refractivity contribution in [2.75, 3.05) is 54.1 Å². The van der Waals surface area contributed by atoms with Gasteiger partial charge < -0.3 is 33.0 Å². The lowest BCUT2D eigenvalue weighted by Gasteiger charge is -2.27. The van der Waals surface area contributed by atoms with Gasteiger partial charge in [-0.05, 0) is 41.5 Å². The van der Waals surface area contributed by atoms with Crippen LogP contribution in [0.25, 0.3) is 10.8 Å². The van der Waals surface area contributed by atoms with E-state index in [4.69, 9.17) is 18.5 Å². The highest BCUT2D eigenvalue weighted by molar-refractivity contribution is 7.45. The Bertz CT molecular complexity index is 995. The average molecular weight is 568 g/mol. The molecule has 0 heterocycles. The third-order valence-electron chi connectivity index (χ3n) is 6.43. The molecule has 2 rings (SSSR count). The minimum atomic E-state index is -4.48. The number of hydrogen-bond acceptors (Lipinski definition) is 7. The molecular formula is C30H50NO7P. The predicted octanol–water partition coefficient (Wildman–Crippen LogP) is 6.09. The van der Waals surface area contributed by atoms with Crippen LogP contribution in [-0.2, 0) is 13.6 Å². The number of hydrogen-bond donors (Lipinski definition) is 1. The first kappa shape index (κ1) is 33.5. The van der Waals surface area contributed by atoms with Gasteiger partial charge in [-0.25, -0.2) is 0 Å². The predicted molar refractivity (Wildman–Crippen MR) is 155 cm³/mol. The van der Waals surface area contributed by atoms with E-state index in [0.29, 0.717) is 23.4 Å². The molecule has 0 aromatic heterocycles. The number of rotatable bonds is 22. The molecule has 0 bridgehead atoms. The lowest BCUT2D eigenvalue weighted by Crippen LogP contribution is -2.37. The van der Waals surface area contributed by atoms with Crippen molar-refractivity contribution < 1.29 is 37.6 Å². The van der Waals surface area contributed by atoms with E-state index < -0.39 is 20.5 Å². The summed E-state index contributed by atoms with van der Waals surface area (Å²) in [5, 5.41) is 12.1. The summed E-state index contributed by atoms with van der Waals surface area (Å²) < 4.78 is 33.7. The number of fused-ring (bicyclic) bond motifs is 1. The Balaban J connectivity index is 1.68. The normalized spacial score (nSPS) is 14.3.